The van der Waals surface area contributed by atoms with Gasteiger partial charge in [-0.25, -0.2) is 14.4 Å². The number of hydrogen-bond acceptors (Lipinski definition) is 7. The Kier molecular flexibility index (Phi) is 7.10. The lowest BCUT2D eigenvalue weighted by atomic mass is 10.1. The normalized spacial score (nSPS) is 14.5. The van der Waals surface area contributed by atoms with Gasteiger partial charge in [-0.3, -0.25) is 4.79 Å². The fourth-order valence-corrected chi connectivity index (χ4v) is 4.34. The predicted molar refractivity (Wildman–Crippen MR) is 141 cm³/mol. The Morgan fingerprint density at radius 3 is 2.79 bits per heavy atom. The van der Waals surface area contributed by atoms with Gasteiger partial charge < -0.3 is 19.1 Å². The molecular formula is C28H25ClFN5O4. The Labute approximate surface area is 228 Å². The highest BCUT2D eigenvalue weighted by molar-refractivity contribution is 6.33. The number of halogens is 2. The van der Waals surface area contributed by atoms with Crippen LogP contribution in [0.1, 0.15) is 44.2 Å². The van der Waals surface area contributed by atoms with E-state index < -0.39 is 17.7 Å². The second-order valence-electron chi connectivity index (χ2n) is 9.82. The van der Waals surface area contributed by atoms with Crippen molar-refractivity contribution < 1.29 is 23.8 Å². The van der Waals surface area contributed by atoms with Crippen LogP contribution in [-0.2, 0) is 11.3 Å². The number of carboxylic acid groups (broad SMARTS) is 1. The van der Waals surface area contributed by atoms with Crippen LogP contribution < -0.4 is 9.47 Å². The maximum Gasteiger partial charge on any atom is 0.306 e. The molecule has 0 amide bonds. The van der Waals surface area contributed by atoms with Crippen molar-refractivity contribution in [1.29, 1.82) is 5.26 Å². The zero-order chi connectivity index (χ0) is 27.7. The van der Waals surface area contributed by atoms with Gasteiger partial charge in [0.25, 0.3) is 0 Å². The van der Waals surface area contributed by atoms with Gasteiger partial charge in [-0.15, -0.1) is 0 Å². The van der Waals surface area contributed by atoms with Gasteiger partial charge in [0.2, 0.25) is 5.88 Å². The third kappa shape index (κ3) is 5.49. The maximum atomic E-state index is 14.9. The van der Waals surface area contributed by atoms with E-state index in [0.29, 0.717) is 45.6 Å². The van der Waals surface area contributed by atoms with Crippen molar-refractivity contribution in [1.82, 2.24) is 19.5 Å². The van der Waals surface area contributed by atoms with Crippen LogP contribution in [0.2, 0.25) is 5.02 Å². The van der Waals surface area contributed by atoms with Gasteiger partial charge in [0.05, 0.1) is 35.7 Å². The summed E-state index contributed by atoms with van der Waals surface area (Å²) in [6.45, 7) is 3.78. The number of fused-ring (bicyclic) bond motifs is 1. The van der Waals surface area contributed by atoms with Gasteiger partial charge in [0.1, 0.15) is 29.3 Å². The molecule has 0 spiro atoms. The number of carboxylic acids is 1. The molecule has 200 valence electrons. The number of ether oxygens (including phenoxy) is 2. The number of nitriles is 1. The summed E-state index contributed by atoms with van der Waals surface area (Å²) in [5.74, 6) is -0.773. The molecule has 39 heavy (non-hydrogen) atoms. The third-order valence-corrected chi connectivity index (χ3v) is 7.09. The van der Waals surface area contributed by atoms with E-state index in [9.17, 15) is 14.4 Å². The topological polar surface area (TPSA) is 123 Å². The number of carbonyl (C=O) groups is 1. The van der Waals surface area contributed by atoms with Crippen molar-refractivity contribution in [3.63, 3.8) is 0 Å². The summed E-state index contributed by atoms with van der Waals surface area (Å²) in [4.78, 5) is 24.6. The Morgan fingerprint density at radius 1 is 1.31 bits per heavy atom. The first-order valence-electron chi connectivity index (χ1n) is 12.4. The van der Waals surface area contributed by atoms with Gasteiger partial charge in [-0.2, -0.15) is 10.2 Å². The highest BCUT2D eigenvalue weighted by Gasteiger charge is 2.41. The monoisotopic (exact) mass is 549 g/mol. The van der Waals surface area contributed by atoms with Crippen LogP contribution in [0.3, 0.4) is 0 Å². The molecule has 1 atom stereocenters. The van der Waals surface area contributed by atoms with Crippen LogP contribution in [0.15, 0.2) is 42.7 Å². The van der Waals surface area contributed by atoms with Crippen LogP contribution in [0.4, 0.5) is 4.39 Å². The second-order valence-corrected chi connectivity index (χ2v) is 10.2. The Balaban J connectivity index is 1.57. The van der Waals surface area contributed by atoms with Gasteiger partial charge in [-0.05, 0) is 56.5 Å². The first-order valence-corrected chi connectivity index (χ1v) is 12.8. The van der Waals surface area contributed by atoms with Crippen molar-refractivity contribution in [3.8, 4) is 29.1 Å². The van der Waals surface area contributed by atoms with Crippen molar-refractivity contribution in [2.45, 2.75) is 45.3 Å². The molecule has 9 nitrogen and oxygen atoms in total. The molecule has 0 radical (unpaired) electrons. The lowest BCUT2D eigenvalue weighted by Gasteiger charge is -2.13. The Morgan fingerprint density at radius 2 is 2.10 bits per heavy atom. The van der Waals surface area contributed by atoms with Crippen LogP contribution in [0, 0.1) is 23.1 Å². The highest BCUT2D eigenvalue weighted by atomic mass is 35.5. The van der Waals surface area contributed by atoms with Gasteiger partial charge in [0.15, 0.2) is 11.2 Å². The van der Waals surface area contributed by atoms with Crippen LogP contribution in [0.5, 0.6) is 11.6 Å². The fourth-order valence-electron chi connectivity index (χ4n) is 4.08. The molecule has 2 aromatic carbocycles. The zero-order valence-corrected chi connectivity index (χ0v) is 22.1. The molecule has 1 aliphatic carbocycles. The molecule has 1 unspecified atom stereocenters. The molecule has 5 rings (SSSR count). The minimum absolute atomic E-state index is 0.0310. The van der Waals surface area contributed by atoms with Crippen LogP contribution in [-0.4, -0.2) is 42.8 Å². The lowest BCUT2D eigenvalue weighted by molar-refractivity contribution is -0.141. The van der Waals surface area contributed by atoms with Crippen LogP contribution in [0.25, 0.3) is 22.6 Å². The van der Waals surface area contributed by atoms with E-state index in [0.717, 1.165) is 12.8 Å². The summed E-state index contributed by atoms with van der Waals surface area (Å²) in [5.41, 5.74) is 1.41. The second kappa shape index (κ2) is 10.5. The first kappa shape index (κ1) is 26.4. The molecule has 4 aromatic rings. The summed E-state index contributed by atoms with van der Waals surface area (Å²) < 4.78 is 28.4. The summed E-state index contributed by atoms with van der Waals surface area (Å²) in [5, 5.41) is 19.0. The summed E-state index contributed by atoms with van der Waals surface area (Å²) in [6.07, 6.45) is 3.50. The molecule has 1 N–H and O–H groups in total. The molecule has 2 aromatic heterocycles. The van der Waals surface area contributed by atoms with Crippen molar-refractivity contribution in [2.75, 3.05) is 6.61 Å². The minimum Gasteiger partial charge on any atom is -0.494 e. The Bertz CT molecular complexity index is 1610. The maximum absolute atomic E-state index is 14.9. The van der Waals surface area contributed by atoms with E-state index in [4.69, 9.17) is 31.2 Å². The molecule has 0 bridgehead atoms. The van der Waals surface area contributed by atoms with Gasteiger partial charge in [-0.1, -0.05) is 24.6 Å². The smallest absolute Gasteiger partial charge is 0.306 e. The fraction of sp³-hybridized carbons (Fsp3) is 0.321. The van der Waals surface area contributed by atoms with Crippen molar-refractivity contribution >= 4 is 28.7 Å². The summed E-state index contributed by atoms with van der Waals surface area (Å²) in [7, 11) is 0. The van der Waals surface area contributed by atoms with E-state index in [-0.39, 0.29) is 29.9 Å². The highest BCUT2D eigenvalue weighted by Crippen LogP contribution is 2.41. The molecule has 1 saturated carbocycles. The SMILES string of the molecule is CC(CCOc1ccc(-c2nc3c(OC4(C)CC4)ncnc3n2Cc2c(F)cccc2C#N)c(Cl)c1)C(=O)O. The number of benzene rings is 2. The molecule has 0 aliphatic heterocycles. The number of imidazole rings is 1. The minimum atomic E-state index is -0.887. The third-order valence-electron chi connectivity index (χ3n) is 6.77. The molecule has 1 aliphatic rings. The van der Waals surface area contributed by atoms with Gasteiger partial charge in [0, 0.05) is 11.1 Å². The Hall–Kier alpha value is -4.23. The summed E-state index contributed by atoms with van der Waals surface area (Å²) in [6, 6.07) is 11.4. The number of hydrogen-bond donors (Lipinski definition) is 1. The van der Waals surface area contributed by atoms with E-state index in [2.05, 4.69) is 9.97 Å². The zero-order valence-electron chi connectivity index (χ0n) is 21.3. The van der Waals surface area contributed by atoms with Gasteiger partial charge >= 0.3 is 5.97 Å². The standard InChI is InChI=1S/C28H25ClFN5O4/c1-16(27(36)37)8-11-38-18-6-7-19(21(29)12-18)24-34-23-25(32-15-33-26(23)39-28(2)9-10-28)35(24)14-20-17(13-31)4-3-5-22(20)30/h3-7,12,15-16H,8-11,14H2,1-2H3,(H,36,37). The van der Waals surface area contributed by atoms with E-state index in [1.54, 1.807) is 35.8 Å². The van der Waals surface area contributed by atoms with Crippen molar-refractivity contribution in [3.05, 3.63) is 64.7 Å². The summed E-state index contributed by atoms with van der Waals surface area (Å²) >= 11 is 6.68. The van der Waals surface area contributed by atoms with Crippen LogP contribution >= 0.6 is 11.6 Å². The predicted octanol–water partition coefficient (Wildman–Crippen LogP) is 5.63. The number of aliphatic carboxylic acids is 1. The molecule has 0 saturated heterocycles. The quantitative estimate of drug-likeness (QED) is 0.270. The average Bonchev–Trinajstić information content (AvgIpc) is 3.52. The molecule has 2 heterocycles. The van der Waals surface area contributed by atoms with E-state index in [1.165, 1.54) is 18.5 Å². The van der Waals surface area contributed by atoms with E-state index in [1.807, 2.05) is 13.0 Å². The molecule has 11 heteroatoms. The lowest BCUT2D eigenvalue weighted by Crippen LogP contribution is -2.13. The number of nitrogens with zero attached hydrogens (tertiary/aromatic N) is 5. The van der Waals surface area contributed by atoms with Crippen molar-refractivity contribution in [2.24, 2.45) is 5.92 Å². The van der Waals surface area contributed by atoms with E-state index >= 15 is 0 Å². The largest absolute Gasteiger partial charge is 0.494 e. The number of rotatable bonds is 10. The molecule has 1 fully saturated rings. The average molecular weight is 550 g/mol. The molecular weight excluding hydrogens is 525 g/mol. The number of aromatic nitrogens is 4. The first-order chi connectivity index (χ1) is 18.7.